The van der Waals surface area contributed by atoms with Crippen LogP contribution in [0.2, 0.25) is 5.02 Å². The SMILES string of the molecule is O=C1CCC(N2Cc3cc(CNC(=O)CNc4ccc(N5CCOCC5)c(Cl)c4)ccc3C2=O)C(=O)C1. The summed E-state index contributed by atoms with van der Waals surface area (Å²) in [5.74, 6) is -0.606. The zero-order valence-electron chi connectivity index (χ0n) is 20.4. The normalized spacial score (nSPS) is 19.7. The van der Waals surface area contributed by atoms with Crippen molar-refractivity contribution < 1.29 is 23.9 Å². The summed E-state index contributed by atoms with van der Waals surface area (Å²) in [4.78, 5) is 52.9. The molecule has 0 bridgehead atoms. The molecule has 9 nitrogen and oxygen atoms in total. The summed E-state index contributed by atoms with van der Waals surface area (Å²) in [6, 6.07) is 10.6. The first kappa shape index (κ1) is 25.2. The molecule has 0 aromatic heterocycles. The molecule has 0 radical (unpaired) electrons. The van der Waals surface area contributed by atoms with E-state index in [9.17, 15) is 19.2 Å². The molecule has 194 valence electrons. The number of rotatable bonds is 7. The largest absolute Gasteiger partial charge is 0.378 e. The maximum absolute atomic E-state index is 12.8. The van der Waals surface area contributed by atoms with Crippen molar-refractivity contribution >= 4 is 46.4 Å². The highest BCUT2D eigenvalue weighted by atomic mass is 35.5. The second kappa shape index (κ2) is 10.9. The molecule has 2 aromatic rings. The van der Waals surface area contributed by atoms with Crippen LogP contribution in [-0.4, -0.2) is 67.2 Å². The number of nitrogens with one attached hydrogen (secondary N) is 2. The Kier molecular flexibility index (Phi) is 7.43. The molecule has 2 amide bonds. The van der Waals surface area contributed by atoms with Gasteiger partial charge in [0.15, 0.2) is 5.78 Å². The van der Waals surface area contributed by atoms with Crippen LogP contribution < -0.4 is 15.5 Å². The highest BCUT2D eigenvalue weighted by Gasteiger charge is 2.38. The lowest BCUT2D eigenvalue weighted by atomic mass is 9.92. The number of Topliss-reactive ketones (excluding diaryl/α,β-unsaturated/α-hetero) is 2. The van der Waals surface area contributed by atoms with Crippen molar-refractivity contribution in [3.8, 4) is 0 Å². The number of benzene rings is 2. The molecule has 0 spiro atoms. The number of carbonyl (C=O) groups excluding carboxylic acids is 4. The van der Waals surface area contributed by atoms with E-state index in [4.69, 9.17) is 16.3 Å². The van der Waals surface area contributed by atoms with Gasteiger partial charge in [0.05, 0.1) is 42.9 Å². The number of halogens is 1. The maximum atomic E-state index is 12.8. The van der Waals surface area contributed by atoms with E-state index in [1.807, 2.05) is 30.3 Å². The van der Waals surface area contributed by atoms with E-state index < -0.39 is 6.04 Å². The monoisotopic (exact) mass is 524 g/mol. The van der Waals surface area contributed by atoms with Crippen LogP contribution in [0.5, 0.6) is 0 Å². The molecule has 1 aliphatic carbocycles. The van der Waals surface area contributed by atoms with Crippen LogP contribution in [0.4, 0.5) is 11.4 Å². The van der Waals surface area contributed by atoms with Crippen LogP contribution in [0.15, 0.2) is 36.4 Å². The van der Waals surface area contributed by atoms with Gasteiger partial charge in [-0.25, -0.2) is 0 Å². The summed E-state index contributed by atoms with van der Waals surface area (Å²) < 4.78 is 5.39. The highest BCUT2D eigenvalue weighted by molar-refractivity contribution is 6.33. The summed E-state index contributed by atoms with van der Waals surface area (Å²) in [5, 5.41) is 6.61. The molecule has 1 atom stereocenters. The lowest BCUT2D eigenvalue weighted by molar-refractivity contribution is -0.133. The minimum atomic E-state index is -0.539. The summed E-state index contributed by atoms with van der Waals surface area (Å²) in [7, 11) is 0. The van der Waals surface area contributed by atoms with E-state index in [0.717, 1.165) is 35.6 Å². The molecule has 37 heavy (non-hydrogen) atoms. The fraction of sp³-hybridized carbons (Fsp3) is 0.407. The molecule has 3 aliphatic rings. The minimum Gasteiger partial charge on any atom is -0.378 e. The van der Waals surface area contributed by atoms with E-state index >= 15 is 0 Å². The van der Waals surface area contributed by atoms with Gasteiger partial charge in [0.2, 0.25) is 5.91 Å². The zero-order chi connectivity index (χ0) is 25.9. The first-order valence-corrected chi connectivity index (χ1v) is 12.9. The third kappa shape index (κ3) is 5.62. The van der Waals surface area contributed by atoms with E-state index in [2.05, 4.69) is 15.5 Å². The second-order valence-electron chi connectivity index (χ2n) is 9.56. The summed E-state index contributed by atoms with van der Waals surface area (Å²) in [6.45, 7) is 3.69. The van der Waals surface area contributed by atoms with Crippen molar-refractivity contribution in [3.63, 3.8) is 0 Å². The number of hydrogen-bond acceptors (Lipinski definition) is 7. The Labute approximate surface area is 220 Å². The number of hydrogen-bond donors (Lipinski definition) is 2. The van der Waals surface area contributed by atoms with Crippen molar-refractivity contribution in [1.29, 1.82) is 0 Å². The van der Waals surface area contributed by atoms with Gasteiger partial charge >= 0.3 is 0 Å². The molecule has 1 saturated carbocycles. The van der Waals surface area contributed by atoms with Crippen molar-refractivity contribution in [3.05, 3.63) is 58.1 Å². The number of ketones is 2. The second-order valence-corrected chi connectivity index (χ2v) is 9.96. The topological polar surface area (TPSA) is 108 Å². The fourth-order valence-electron chi connectivity index (χ4n) is 5.07. The number of anilines is 2. The Bertz CT molecular complexity index is 1240. The first-order chi connectivity index (χ1) is 17.9. The lowest BCUT2D eigenvalue weighted by Crippen LogP contribution is -2.44. The predicted octanol–water partition coefficient (Wildman–Crippen LogP) is 2.55. The number of amides is 2. The van der Waals surface area contributed by atoms with Crippen LogP contribution in [0.1, 0.15) is 40.7 Å². The van der Waals surface area contributed by atoms with Crippen LogP contribution >= 0.6 is 11.6 Å². The van der Waals surface area contributed by atoms with Crippen LogP contribution in [0.3, 0.4) is 0 Å². The maximum Gasteiger partial charge on any atom is 0.255 e. The van der Waals surface area contributed by atoms with Crippen molar-refractivity contribution in [1.82, 2.24) is 10.2 Å². The van der Waals surface area contributed by atoms with E-state index in [1.54, 1.807) is 11.0 Å². The average molecular weight is 525 g/mol. The number of ether oxygens (including phenoxy) is 1. The molecule has 1 saturated heterocycles. The Morgan fingerprint density at radius 3 is 2.65 bits per heavy atom. The molecule has 2 aromatic carbocycles. The van der Waals surface area contributed by atoms with E-state index in [-0.39, 0.29) is 36.3 Å². The van der Waals surface area contributed by atoms with Gasteiger partial charge in [-0.05, 0) is 41.8 Å². The number of fused-ring (bicyclic) bond motifs is 1. The molecule has 5 rings (SSSR count). The van der Waals surface area contributed by atoms with Crippen molar-refractivity contribution in [2.45, 2.75) is 38.4 Å². The van der Waals surface area contributed by atoms with Crippen LogP contribution in [-0.2, 0) is 32.2 Å². The van der Waals surface area contributed by atoms with Crippen LogP contribution in [0, 0.1) is 0 Å². The minimum absolute atomic E-state index is 0.0639. The molecule has 2 N–H and O–H groups in total. The van der Waals surface area contributed by atoms with Crippen molar-refractivity contribution in [2.24, 2.45) is 0 Å². The summed E-state index contributed by atoms with van der Waals surface area (Å²) in [6.07, 6.45) is 0.612. The lowest BCUT2D eigenvalue weighted by Gasteiger charge is -2.29. The molecular formula is C27H29ClN4O5. The third-order valence-electron chi connectivity index (χ3n) is 7.06. The van der Waals surface area contributed by atoms with Gasteiger partial charge in [0.1, 0.15) is 5.78 Å². The standard InChI is InChI=1S/C27H29ClN4O5/c28-22-12-19(2-5-23(22)31-7-9-37-10-8-31)29-15-26(35)30-14-17-1-4-21-18(11-17)16-32(27(21)36)24-6-3-20(33)13-25(24)34/h1-2,4-5,11-12,24,29H,3,6-10,13-16H2,(H,30,35). The van der Waals surface area contributed by atoms with Crippen LogP contribution in [0.25, 0.3) is 0 Å². The average Bonchev–Trinajstić information content (AvgIpc) is 3.22. The van der Waals surface area contributed by atoms with Gasteiger partial charge in [-0.2, -0.15) is 0 Å². The Hall–Kier alpha value is -3.43. The predicted molar refractivity (Wildman–Crippen MR) is 139 cm³/mol. The Balaban J connectivity index is 1.12. The van der Waals surface area contributed by atoms with Crippen molar-refractivity contribution in [2.75, 3.05) is 43.1 Å². The summed E-state index contributed by atoms with van der Waals surface area (Å²) >= 11 is 6.47. The molecule has 2 heterocycles. The smallest absolute Gasteiger partial charge is 0.255 e. The van der Waals surface area contributed by atoms with Gasteiger partial charge in [0, 0.05) is 43.9 Å². The third-order valence-corrected chi connectivity index (χ3v) is 7.36. The quantitative estimate of drug-likeness (QED) is 0.536. The molecule has 10 heteroatoms. The Morgan fingerprint density at radius 1 is 1.08 bits per heavy atom. The molecule has 2 fully saturated rings. The van der Waals surface area contributed by atoms with Gasteiger partial charge < -0.3 is 25.2 Å². The number of nitrogens with zero attached hydrogens (tertiary/aromatic N) is 2. The van der Waals surface area contributed by atoms with Gasteiger partial charge in [0.25, 0.3) is 5.91 Å². The fourth-order valence-corrected chi connectivity index (χ4v) is 5.37. The number of carbonyl (C=O) groups is 4. The first-order valence-electron chi connectivity index (χ1n) is 12.5. The molecule has 1 unspecified atom stereocenters. The van der Waals surface area contributed by atoms with Gasteiger partial charge in [-0.3, -0.25) is 19.2 Å². The number of morpholine rings is 1. The van der Waals surface area contributed by atoms with E-state index in [0.29, 0.717) is 49.7 Å². The van der Waals surface area contributed by atoms with E-state index in [1.165, 1.54) is 0 Å². The molecule has 2 aliphatic heterocycles. The van der Waals surface area contributed by atoms with Gasteiger partial charge in [-0.1, -0.05) is 23.7 Å². The highest BCUT2D eigenvalue weighted by Crippen LogP contribution is 2.30. The van der Waals surface area contributed by atoms with Gasteiger partial charge in [-0.15, -0.1) is 0 Å². The summed E-state index contributed by atoms with van der Waals surface area (Å²) in [5.41, 5.74) is 3.97. The zero-order valence-corrected chi connectivity index (χ0v) is 21.2. The Morgan fingerprint density at radius 2 is 1.89 bits per heavy atom. The molecular weight excluding hydrogens is 496 g/mol.